The number of aliphatic hydroxyl groups is 1. The third-order valence-electron chi connectivity index (χ3n) is 6.11. The molecule has 10 heteroatoms. The Morgan fingerprint density at radius 3 is 2.74 bits per heavy atom. The zero-order valence-electron chi connectivity index (χ0n) is 19.3. The summed E-state index contributed by atoms with van der Waals surface area (Å²) >= 11 is 0. The zero-order valence-corrected chi connectivity index (χ0v) is 19.3. The van der Waals surface area contributed by atoms with Crippen molar-refractivity contribution in [2.45, 2.75) is 31.2 Å². The molecule has 2 aliphatic rings. The van der Waals surface area contributed by atoms with Crippen molar-refractivity contribution in [1.82, 2.24) is 20.3 Å². The van der Waals surface area contributed by atoms with Gasteiger partial charge in [-0.1, -0.05) is 0 Å². The first kappa shape index (κ1) is 23.0. The van der Waals surface area contributed by atoms with E-state index in [1.54, 1.807) is 18.2 Å². The maximum absolute atomic E-state index is 14.1. The number of nitrogens with zero attached hydrogens (tertiary/aromatic N) is 5. The van der Waals surface area contributed by atoms with E-state index in [-0.39, 0.29) is 6.54 Å². The van der Waals surface area contributed by atoms with Crippen LogP contribution in [0, 0.1) is 11.3 Å². The summed E-state index contributed by atoms with van der Waals surface area (Å²) in [6.07, 6.45) is 0.237. The molecule has 0 unspecified atom stereocenters. The summed E-state index contributed by atoms with van der Waals surface area (Å²) in [5.41, 5.74) is 2.14. The predicted molar refractivity (Wildman–Crippen MR) is 129 cm³/mol. The Kier molecular flexibility index (Phi) is 6.19. The maximum Gasteiger partial charge on any atom is 0.230 e. The lowest BCUT2D eigenvalue weighted by molar-refractivity contribution is 0.0310. The highest BCUT2D eigenvalue weighted by Crippen LogP contribution is 2.30. The Labute approximate surface area is 202 Å². The van der Waals surface area contributed by atoms with Gasteiger partial charge in [-0.15, -0.1) is 0 Å². The van der Waals surface area contributed by atoms with E-state index in [4.69, 9.17) is 4.74 Å². The molecule has 1 aromatic heterocycles. The Hall–Kier alpha value is -3.81. The molecule has 0 spiro atoms. The first-order chi connectivity index (χ1) is 16.9. The minimum Gasteiger partial charge on any atom is -0.486 e. The Morgan fingerprint density at radius 1 is 1.23 bits per heavy atom. The molecule has 0 amide bonds. The number of aromatic nitrogens is 3. The molecule has 2 aliphatic heterocycles. The SMILES string of the molecule is CC1(O)CN(c2ccc(Nc3ncnc(-c4ccc(O[C@H]5CCNC[C@H]5F)c(C#N)c4)n3)cc2)C1. The number of alkyl halides is 1. The molecule has 3 aromatic rings. The van der Waals surface area contributed by atoms with Crippen molar-refractivity contribution in [3.05, 3.63) is 54.4 Å². The summed E-state index contributed by atoms with van der Waals surface area (Å²) in [7, 11) is 0. The van der Waals surface area contributed by atoms with Crippen molar-refractivity contribution < 1.29 is 14.2 Å². The van der Waals surface area contributed by atoms with Crippen molar-refractivity contribution in [3.63, 3.8) is 0 Å². The molecule has 0 bridgehead atoms. The topological polar surface area (TPSA) is 119 Å². The number of hydrogen-bond donors (Lipinski definition) is 3. The molecular formula is C25H26FN7O2. The molecule has 0 radical (unpaired) electrons. The van der Waals surface area contributed by atoms with Gasteiger partial charge in [-0.2, -0.15) is 10.2 Å². The second-order valence-electron chi connectivity index (χ2n) is 9.15. The van der Waals surface area contributed by atoms with E-state index in [1.807, 2.05) is 31.2 Å². The van der Waals surface area contributed by atoms with Gasteiger partial charge in [-0.3, -0.25) is 0 Å². The third kappa shape index (κ3) is 5.16. The monoisotopic (exact) mass is 475 g/mol. The number of nitriles is 1. The summed E-state index contributed by atoms with van der Waals surface area (Å²) < 4.78 is 19.9. The highest BCUT2D eigenvalue weighted by atomic mass is 19.1. The van der Waals surface area contributed by atoms with Crippen molar-refractivity contribution in [2.24, 2.45) is 0 Å². The van der Waals surface area contributed by atoms with Crippen LogP contribution in [0.15, 0.2) is 48.8 Å². The second-order valence-corrected chi connectivity index (χ2v) is 9.15. The Morgan fingerprint density at radius 2 is 2.03 bits per heavy atom. The fraction of sp³-hybridized carbons (Fsp3) is 0.360. The number of benzene rings is 2. The van der Waals surface area contributed by atoms with Crippen molar-refractivity contribution >= 4 is 17.3 Å². The van der Waals surface area contributed by atoms with Crippen molar-refractivity contribution in [2.75, 3.05) is 36.4 Å². The number of β-amino-alcohol motifs (C(OH)–C–C–N with tert-alkyl or cyclic N) is 1. The third-order valence-corrected chi connectivity index (χ3v) is 6.11. The minimum atomic E-state index is -1.12. The standard InChI is InChI=1S/C25H26FN7O2/c1-25(34)13-33(14-25)19-5-3-18(4-6-19)31-24-30-15-29-23(32-24)16-2-7-21(17(10-16)11-27)35-22-8-9-28-12-20(22)26/h2-7,10,15,20,22,28,34H,8-9,12-14H2,1H3,(H,29,30,31,32)/t20-,22+/m1/s1. The van der Waals surface area contributed by atoms with Crippen LogP contribution < -0.4 is 20.3 Å². The fourth-order valence-electron chi connectivity index (χ4n) is 4.29. The molecule has 2 saturated heterocycles. The maximum atomic E-state index is 14.1. The average molecular weight is 476 g/mol. The predicted octanol–water partition coefficient (Wildman–Crippen LogP) is 2.80. The second kappa shape index (κ2) is 9.44. The van der Waals surface area contributed by atoms with Crippen molar-refractivity contribution in [3.8, 4) is 23.2 Å². The molecule has 180 valence electrons. The number of halogens is 1. The number of anilines is 3. The van der Waals surface area contributed by atoms with Crippen LogP contribution in [-0.4, -0.2) is 64.1 Å². The van der Waals surface area contributed by atoms with Crippen LogP contribution in [0.5, 0.6) is 5.75 Å². The summed E-state index contributed by atoms with van der Waals surface area (Å²) in [4.78, 5) is 15.0. The fourth-order valence-corrected chi connectivity index (χ4v) is 4.29. The number of rotatable bonds is 6. The molecule has 0 saturated carbocycles. The molecule has 3 heterocycles. The van der Waals surface area contributed by atoms with Crippen LogP contribution in [0.1, 0.15) is 18.9 Å². The zero-order chi connectivity index (χ0) is 24.4. The van der Waals surface area contributed by atoms with E-state index in [0.29, 0.717) is 54.7 Å². The lowest BCUT2D eigenvalue weighted by Gasteiger charge is -2.45. The number of ether oxygens (including phenoxy) is 1. The first-order valence-electron chi connectivity index (χ1n) is 11.5. The molecular weight excluding hydrogens is 449 g/mol. The first-order valence-corrected chi connectivity index (χ1v) is 11.5. The van der Waals surface area contributed by atoms with Gasteiger partial charge in [0.15, 0.2) is 5.82 Å². The summed E-state index contributed by atoms with van der Waals surface area (Å²) in [6.45, 7) is 3.96. The summed E-state index contributed by atoms with van der Waals surface area (Å²) in [6, 6.07) is 15.0. The van der Waals surface area contributed by atoms with Gasteiger partial charge in [0.2, 0.25) is 5.95 Å². The van der Waals surface area contributed by atoms with Gasteiger partial charge in [-0.05, 0) is 62.4 Å². The van der Waals surface area contributed by atoms with Crippen LogP contribution >= 0.6 is 0 Å². The number of nitrogens with one attached hydrogen (secondary N) is 2. The average Bonchev–Trinajstić information content (AvgIpc) is 2.85. The van der Waals surface area contributed by atoms with E-state index in [1.165, 1.54) is 6.33 Å². The van der Waals surface area contributed by atoms with Crippen LogP contribution in [0.4, 0.5) is 21.7 Å². The van der Waals surface area contributed by atoms with Gasteiger partial charge in [0, 0.05) is 36.6 Å². The Balaban J connectivity index is 1.29. The molecule has 2 aromatic carbocycles. The van der Waals surface area contributed by atoms with E-state index in [0.717, 1.165) is 11.4 Å². The van der Waals surface area contributed by atoms with E-state index in [2.05, 4.69) is 36.6 Å². The highest BCUT2D eigenvalue weighted by molar-refractivity contribution is 5.64. The quantitative estimate of drug-likeness (QED) is 0.494. The van der Waals surface area contributed by atoms with E-state index < -0.39 is 17.9 Å². The van der Waals surface area contributed by atoms with E-state index >= 15 is 0 Å². The van der Waals surface area contributed by atoms with Crippen molar-refractivity contribution in [1.29, 1.82) is 5.26 Å². The van der Waals surface area contributed by atoms with Crippen LogP contribution in [-0.2, 0) is 0 Å². The van der Waals surface area contributed by atoms with E-state index in [9.17, 15) is 14.8 Å². The van der Waals surface area contributed by atoms with Gasteiger partial charge in [0.1, 0.15) is 30.4 Å². The largest absolute Gasteiger partial charge is 0.486 e. The molecule has 2 atom stereocenters. The highest BCUT2D eigenvalue weighted by Gasteiger charge is 2.36. The summed E-state index contributed by atoms with van der Waals surface area (Å²) in [5.74, 6) is 1.11. The normalized spacial score (nSPS) is 21.0. The number of piperidine rings is 1. The van der Waals surface area contributed by atoms with Gasteiger partial charge >= 0.3 is 0 Å². The Bertz CT molecular complexity index is 1240. The smallest absolute Gasteiger partial charge is 0.230 e. The molecule has 3 N–H and O–H groups in total. The minimum absolute atomic E-state index is 0.244. The molecule has 9 nitrogen and oxygen atoms in total. The van der Waals surface area contributed by atoms with Gasteiger partial charge in [-0.25, -0.2) is 14.4 Å². The van der Waals surface area contributed by atoms with Crippen LogP contribution in [0.25, 0.3) is 11.4 Å². The molecule has 5 rings (SSSR count). The lowest BCUT2D eigenvalue weighted by atomic mass is 9.96. The molecule has 0 aliphatic carbocycles. The lowest BCUT2D eigenvalue weighted by Crippen LogP contribution is -2.60. The summed E-state index contributed by atoms with van der Waals surface area (Å²) in [5, 5.41) is 25.7. The van der Waals surface area contributed by atoms with Crippen LogP contribution in [0.2, 0.25) is 0 Å². The molecule has 2 fully saturated rings. The van der Waals surface area contributed by atoms with Gasteiger partial charge < -0.3 is 25.4 Å². The number of hydrogen-bond acceptors (Lipinski definition) is 9. The van der Waals surface area contributed by atoms with Gasteiger partial charge in [0.25, 0.3) is 0 Å². The molecule has 35 heavy (non-hydrogen) atoms. The van der Waals surface area contributed by atoms with Gasteiger partial charge in [0.05, 0.1) is 11.2 Å². The van der Waals surface area contributed by atoms with Crippen LogP contribution in [0.3, 0.4) is 0 Å².